The first-order chi connectivity index (χ1) is 18.2. The molecule has 0 aliphatic carbocycles. The van der Waals surface area contributed by atoms with E-state index in [1.165, 1.54) is 0 Å². The molecule has 0 radical (unpaired) electrons. The molecule has 38 heavy (non-hydrogen) atoms. The summed E-state index contributed by atoms with van der Waals surface area (Å²) >= 11 is 16.1. The second kappa shape index (κ2) is 14.6. The highest BCUT2D eigenvalue weighted by Gasteiger charge is 2.31. The van der Waals surface area contributed by atoms with Crippen LogP contribution in [0.1, 0.15) is 43.9 Å². The van der Waals surface area contributed by atoms with Crippen LogP contribution in [-0.4, -0.2) is 35.4 Å². The third-order valence-corrected chi connectivity index (χ3v) is 7.59. The van der Waals surface area contributed by atoms with E-state index in [0.717, 1.165) is 28.4 Å². The largest absolute Gasteiger partial charge is 0.483 e. The molecule has 0 aliphatic heterocycles. The summed E-state index contributed by atoms with van der Waals surface area (Å²) in [7, 11) is 0. The summed E-state index contributed by atoms with van der Waals surface area (Å²) in [4.78, 5) is 28.9. The number of rotatable bonds is 12. The number of carbonyl (C=O) groups excluding carboxylic acids is 2. The number of nitrogens with one attached hydrogen (secondary N) is 1. The predicted molar refractivity (Wildman–Crippen MR) is 158 cm³/mol. The van der Waals surface area contributed by atoms with E-state index in [0.29, 0.717) is 27.8 Å². The number of halogens is 3. The van der Waals surface area contributed by atoms with E-state index in [-0.39, 0.29) is 31.0 Å². The second-order valence-corrected chi connectivity index (χ2v) is 10.9. The highest BCUT2D eigenvalue weighted by molar-refractivity contribution is 9.10. The highest BCUT2D eigenvalue weighted by atomic mass is 79.9. The molecule has 0 spiro atoms. The molecule has 2 amide bonds. The molecule has 3 aromatic carbocycles. The number of nitrogens with zero attached hydrogens (tertiary/aromatic N) is 1. The van der Waals surface area contributed by atoms with Gasteiger partial charge in [0.2, 0.25) is 5.91 Å². The minimum atomic E-state index is -0.778. The molecule has 3 aromatic rings. The average Bonchev–Trinajstić information content (AvgIpc) is 2.91. The molecule has 0 saturated carbocycles. The molecule has 0 aromatic heterocycles. The molecule has 0 unspecified atom stereocenters. The Morgan fingerprint density at radius 1 is 1.00 bits per heavy atom. The van der Waals surface area contributed by atoms with Gasteiger partial charge in [0, 0.05) is 29.1 Å². The van der Waals surface area contributed by atoms with E-state index in [4.69, 9.17) is 27.9 Å². The van der Waals surface area contributed by atoms with Crippen molar-refractivity contribution < 1.29 is 14.3 Å². The summed E-state index contributed by atoms with van der Waals surface area (Å²) in [6.45, 7) is 5.91. The molecule has 3 rings (SSSR count). The maximum absolute atomic E-state index is 13.8. The summed E-state index contributed by atoms with van der Waals surface area (Å²) in [5, 5.41) is 3.98. The molecule has 0 aliphatic rings. The molecule has 5 nitrogen and oxygen atoms in total. The third-order valence-electron chi connectivity index (χ3n) is 6.38. The van der Waals surface area contributed by atoms with Crippen molar-refractivity contribution in [3.63, 3.8) is 0 Å². The van der Waals surface area contributed by atoms with Gasteiger partial charge in [-0.15, -0.1) is 0 Å². The number of hydrogen-bond acceptors (Lipinski definition) is 3. The zero-order valence-electron chi connectivity index (χ0n) is 21.8. The Labute approximate surface area is 243 Å². The summed E-state index contributed by atoms with van der Waals surface area (Å²) in [6, 6.07) is 19.8. The van der Waals surface area contributed by atoms with Crippen LogP contribution in [0.2, 0.25) is 10.0 Å². The first-order valence-electron chi connectivity index (χ1n) is 12.7. The number of amides is 2. The third kappa shape index (κ3) is 8.48. The highest BCUT2D eigenvalue weighted by Crippen LogP contribution is 2.27. The van der Waals surface area contributed by atoms with Crippen LogP contribution in [0, 0.1) is 0 Å². The first-order valence-corrected chi connectivity index (χ1v) is 14.3. The molecule has 1 N–H and O–H groups in total. The van der Waals surface area contributed by atoms with Crippen LogP contribution in [0.3, 0.4) is 0 Å². The number of hydrogen-bond donors (Lipinski definition) is 1. The van der Waals surface area contributed by atoms with Gasteiger partial charge in [-0.2, -0.15) is 0 Å². The zero-order chi connectivity index (χ0) is 27.7. The Kier molecular flexibility index (Phi) is 11.5. The van der Waals surface area contributed by atoms with Crippen molar-refractivity contribution in [2.24, 2.45) is 0 Å². The van der Waals surface area contributed by atoms with E-state index < -0.39 is 6.04 Å². The molecule has 8 heteroatoms. The Morgan fingerprint density at radius 2 is 1.74 bits per heavy atom. The lowest BCUT2D eigenvalue weighted by Gasteiger charge is -2.32. The van der Waals surface area contributed by atoms with Crippen LogP contribution in [0.5, 0.6) is 5.75 Å². The molecular formula is C30H33BrCl2N2O3. The molecule has 0 bridgehead atoms. The van der Waals surface area contributed by atoms with Gasteiger partial charge >= 0.3 is 0 Å². The topological polar surface area (TPSA) is 58.6 Å². The van der Waals surface area contributed by atoms with Crippen molar-refractivity contribution in [2.75, 3.05) is 6.61 Å². The van der Waals surface area contributed by atoms with Crippen LogP contribution < -0.4 is 10.1 Å². The number of aryl methyl sites for hydroxylation is 1. The van der Waals surface area contributed by atoms with Crippen LogP contribution in [0.15, 0.2) is 71.2 Å². The van der Waals surface area contributed by atoms with E-state index in [1.807, 2.05) is 62.4 Å². The molecular weight excluding hydrogens is 587 g/mol. The minimum absolute atomic E-state index is 0.0406. The van der Waals surface area contributed by atoms with Crippen molar-refractivity contribution in [2.45, 2.75) is 58.7 Å². The smallest absolute Gasteiger partial charge is 0.261 e. The van der Waals surface area contributed by atoms with Crippen molar-refractivity contribution >= 4 is 50.9 Å². The van der Waals surface area contributed by atoms with E-state index in [2.05, 4.69) is 28.2 Å². The fourth-order valence-corrected chi connectivity index (χ4v) is 4.94. The lowest BCUT2D eigenvalue weighted by molar-refractivity contribution is -0.143. The standard InChI is InChI=1S/C30H33BrCl2N2O3/c1-4-20(3)34-30(37)27(16-22-9-7-6-8-10-22)35(18-23-12-13-24(32)17-26(23)33)29(36)19-38-28-14-11-21(5-2)15-25(28)31/h6-15,17,20,27H,4-5,16,18-19H2,1-3H3,(H,34,37)/t20-,27-/m1/s1. The van der Waals surface area contributed by atoms with Gasteiger partial charge in [0.25, 0.3) is 5.91 Å². The number of benzene rings is 3. The van der Waals surface area contributed by atoms with E-state index in [9.17, 15) is 9.59 Å². The Balaban J connectivity index is 1.95. The van der Waals surface area contributed by atoms with Crippen molar-refractivity contribution in [1.82, 2.24) is 10.2 Å². The van der Waals surface area contributed by atoms with Crippen molar-refractivity contribution in [3.05, 3.63) is 97.9 Å². The minimum Gasteiger partial charge on any atom is -0.483 e. The van der Waals surface area contributed by atoms with Gasteiger partial charge in [-0.3, -0.25) is 9.59 Å². The van der Waals surface area contributed by atoms with E-state index >= 15 is 0 Å². The van der Waals surface area contributed by atoms with Crippen LogP contribution >= 0.6 is 39.1 Å². The SMILES string of the molecule is CCc1ccc(OCC(=O)N(Cc2ccc(Cl)cc2Cl)[C@H](Cc2ccccc2)C(=O)N[C@H](C)CC)c(Br)c1. The van der Waals surface area contributed by atoms with Crippen LogP contribution in [-0.2, 0) is 29.0 Å². The molecule has 0 saturated heterocycles. The molecule has 0 heterocycles. The van der Waals surface area contributed by atoms with Crippen LogP contribution in [0.25, 0.3) is 0 Å². The molecule has 2 atom stereocenters. The quantitative estimate of drug-likeness (QED) is 0.232. The lowest BCUT2D eigenvalue weighted by atomic mass is 10.0. The van der Waals surface area contributed by atoms with Gasteiger partial charge < -0.3 is 15.0 Å². The van der Waals surface area contributed by atoms with Gasteiger partial charge in [0.1, 0.15) is 11.8 Å². The maximum atomic E-state index is 13.8. The van der Waals surface area contributed by atoms with Gasteiger partial charge in [-0.1, -0.05) is 79.5 Å². The first kappa shape index (κ1) is 30.0. The maximum Gasteiger partial charge on any atom is 0.261 e. The number of carbonyl (C=O) groups is 2. The predicted octanol–water partition coefficient (Wildman–Crippen LogP) is 7.25. The number of ether oxygens (including phenoxy) is 1. The molecule has 202 valence electrons. The Bertz CT molecular complexity index is 1240. The van der Waals surface area contributed by atoms with E-state index in [1.54, 1.807) is 23.1 Å². The normalized spacial score (nSPS) is 12.5. The van der Waals surface area contributed by atoms with Crippen LogP contribution in [0.4, 0.5) is 0 Å². The average molecular weight is 620 g/mol. The summed E-state index contributed by atoms with van der Waals surface area (Å²) in [5.74, 6) is 0.00141. The zero-order valence-corrected chi connectivity index (χ0v) is 24.9. The Morgan fingerprint density at radius 3 is 2.37 bits per heavy atom. The van der Waals surface area contributed by atoms with Gasteiger partial charge in [-0.05, 0) is 76.7 Å². The molecule has 0 fully saturated rings. The fourth-order valence-electron chi connectivity index (χ4n) is 3.93. The summed E-state index contributed by atoms with van der Waals surface area (Å²) in [5.41, 5.74) is 2.78. The monoisotopic (exact) mass is 618 g/mol. The second-order valence-electron chi connectivity index (χ2n) is 9.19. The van der Waals surface area contributed by atoms with Crippen molar-refractivity contribution in [3.8, 4) is 5.75 Å². The fraction of sp³-hybridized carbons (Fsp3) is 0.333. The summed E-state index contributed by atoms with van der Waals surface area (Å²) < 4.78 is 6.70. The van der Waals surface area contributed by atoms with Crippen molar-refractivity contribution in [1.29, 1.82) is 0 Å². The lowest BCUT2D eigenvalue weighted by Crippen LogP contribution is -2.53. The van der Waals surface area contributed by atoms with Gasteiger partial charge in [-0.25, -0.2) is 0 Å². The summed E-state index contributed by atoms with van der Waals surface area (Å²) in [6.07, 6.45) is 2.00. The van der Waals surface area contributed by atoms with Gasteiger partial charge in [0.05, 0.1) is 4.47 Å². The van der Waals surface area contributed by atoms with Gasteiger partial charge in [0.15, 0.2) is 6.61 Å². The Hall–Kier alpha value is -2.54.